The lowest BCUT2D eigenvalue weighted by Gasteiger charge is -2.07. The molecule has 0 bridgehead atoms. The topological polar surface area (TPSA) is 75.6 Å². The highest BCUT2D eigenvalue weighted by atomic mass is 16.5. The molecule has 1 aromatic rings. The highest BCUT2D eigenvalue weighted by Crippen LogP contribution is 2.21. The van der Waals surface area contributed by atoms with Crippen molar-refractivity contribution in [1.82, 2.24) is 0 Å². The molecule has 92 valence electrons. The average molecular weight is 237 g/mol. The van der Waals surface area contributed by atoms with Crippen LogP contribution in [0.25, 0.3) is 0 Å². The van der Waals surface area contributed by atoms with Crippen LogP contribution in [0.5, 0.6) is 5.75 Å². The van der Waals surface area contributed by atoms with Gasteiger partial charge in [0.25, 0.3) is 0 Å². The maximum Gasteiger partial charge on any atom is 0.411 e. The lowest BCUT2D eigenvalue weighted by molar-refractivity contribution is 0.101. The van der Waals surface area contributed by atoms with Crippen molar-refractivity contribution in [2.24, 2.45) is 0 Å². The number of nitrogens with one attached hydrogen (secondary N) is 1. The molecule has 1 rings (SSSR count). The molecule has 0 atom stereocenters. The standard InChI is InChI=1S/C12H15NO4/c1-3-6-17-12(16)13-9-4-5-11(15)10(7-9)8(2)14/h4-5,7,15H,3,6H2,1-2H3,(H,13,16). The van der Waals surface area contributed by atoms with Gasteiger partial charge in [0.05, 0.1) is 12.2 Å². The number of aromatic hydroxyl groups is 1. The number of benzene rings is 1. The van der Waals surface area contributed by atoms with Crippen molar-refractivity contribution in [3.8, 4) is 5.75 Å². The summed E-state index contributed by atoms with van der Waals surface area (Å²) < 4.78 is 4.83. The molecule has 0 aromatic heterocycles. The van der Waals surface area contributed by atoms with Gasteiger partial charge in [0, 0.05) is 5.69 Å². The maximum atomic E-state index is 11.3. The van der Waals surface area contributed by atoms with Gasteiger partial charge in [-0.05, 0) is 31.5 Å². The number of rotatable bonds is 4. The first-order valence-electron chi connectivity index (χ1n) is 5.32. The minimum atomic E-state index is -0.577. The zero-order chi connectivity index (χ0) is 12.8. The molecule has 0 spiro atoms. The van der Waals surface area contributed by atoms with Gasteiger partial charge in [-0.1, -0.05) is 6.92 Å². The second-order valence-corrected chi connectivity index (χ2v) is 3.55. The Hall–Kier alpha value is -2.04. The Bertz CT molecular complexity index is 429. The van der Waals surface area contributed by atoms with E-state index in [4.69, 9.17) is 4.74 Å². The zero-order valence-electron chi connectivity index (χ0n) is 9.82. The third-order valence-electron chi connectivity index (χ3n) is 2.06. The van der Waals surface area contributed by atoms with E-state index in [1.165, 1.54) is 25.1 Å². The quantitative estimate of drug-likeness (QED) is 0.623. The lowest BCUT2D eigenvalue weighted by atomic mass is 10.1. The fourth-order valence-corrected chi connectivity index (χ4v) is 1.24. The van der Waals surface area contributed by atoms with Crippen LogP contribution >= 0.6 is 0 Å². The van der Waals surface area contributed by atoms with Gasteiger partial charge in [0.2, 0.25) is 0 Å². The fraction of sp³-hybridized carbons (Fsp3) is 0.333. The molecule has 1 aromatic carbocycles. The van der Waals surface area contributed by atoms with Crippen molar-refractivity contribution >= 4 is 17.6 Å². The van der Waals surface area contributed by atoms with E-state index in [0.717, 1.165) is 6.42 Å². The van der Waals surface area contributed by atoms with Gasteiger partial charge in [-0.25, -0.2) is 4.79 Å². The number of phenolic OH excluding ortho intramolecular Hbond substituents is 1. The summed E-state index contributed by atoms with van der Waals surface area (Å²) in [4.78, 5) is 22.4. The van der Waals surface area contributed by atoms with Gasteiger partial charge in [-0.3, -0.25) is 10.1 Å². The van der Waals surface area contributed by atoms with E-state index in [1.54, 1.807) is 0 Å². The number of carbonyl (C=O) groups is 2. The third-order valence-corrected chi connectivity index (χ3v) is 2.06. The molecule has 0 heterocycles. The molecule has 0 unspecified atom stereocenters. The Morgan fingerprint density at radius 3 is 2.71 bits per heavy atom. The number of ether oxygens (including phenoxy) is 1. The highest BCUT2D eigenvalue weighted by Gasteiger charge is 2.09. The average Bonchev–Trinajstić information content (AvgIpc) is 2.28. The molecule has 0 fully saturated rings. The Morgan fingerprint density at radius 1 is 1.41 bits per heavy atom. The predicted molar refractivity (Wildman–Crippen MR) is 63.4 cm³/mol. The Morgan fingerprint density at radius 2 is 2.12 bits per heavy atom. The summed E-state index contributed by atoms with van der Waals surface area (Å²) in [5, 5.41) is 11.9. The molecule has 0 radical (unpaired) electrons. The van der Waals surface area contributed by atoms with Gasteiger partial charge in [0.15, 0.2) is 5.78 Å². The van der Waals surface area contributed by atoms with Crippen molar-refractivity contribution < 1.29 is 19.4 Å². The van der Waals surface area contributed by atoms with Crippen LogP contribution in [0.4, 0.5) is 10.5 Å². The molecule has 0 saturated carbocycles. The summed E-state index contributed by atoms with van der Waals surface area (Å²) in [7, 11) is 0. The Kier molecular flexibility index (Phi) is 4.51. The summed E-state index contributed by atoms with van der Waals surface area (Å²) in [5.41, 5.74) is 0.576. The van der Waals surface area contributed by atoms with Crippen molar-refractivity contribution in [3.63, 3.8) is 0 Å². The molecule has 0 aliphatic carbocycles. The molecule has 5 nitrogen and oxygen atoms in total. The van der Waals surface area contributed by atoms with Crippen LogP contribution in [0.2, 0.25) is 0 Å². The number of amides is 1. The third kappa shape index (κ3) is 3.79. The van der Waals surface area contributed by atoms with Gasteiger partial charge in [0.1, 0.15) is 5.75 Å². The Balaban J connectivity index is 2.75. The smallest absolute Gasteiger partial charge is 0.411 e. The van der Waals surface area contributed by atoms with E-state index >= 15 is 0 Å². The van der Waals surface area contributed by atoms with Gasteiger partial charge in [-0.2, -0.15) is 0 Å². The second-order valence-electron chi connectivity index (χ2n) is 3.55. The van der Waals surface area contributed by atoms with E-state index in [1.807, 2.05) is 6.92 Å². The summed E-state index contributed by atoms with van der Waals surface area (Å²) >= 11 is 0. The predicted octanol–water partition coefficient (Wildman–Crippen LogP) is 2.55. The maximum absolute atomic E-state index is 11.3. The van der Waals surface area contributed by atoms with E-state index in [2.05, 4.69) is 5.32 Å². The Labute approximate surface area is 99.4 Å². The first-order valence-corrected chi connectivity index (χ1v) is 5.32. The number of hydrogen-bond acceptors (Lipinski definition) is 4. The number of carbonyl (C=O) groups excluding carboxylic acids is 2. The minimum Gasteiger partial charge on any atom is -0.507 e. The summed E-state index contributed by atoms with van der Waals surface area (Å²) in [6, 6.07) is 4.26. The van der Waals surface area contributed by atoms with Crippen molar-refractivity contribution in [2.75, 3.05) is 11.9 Å². The van der Waals surface area contributed by atoms with E-state index in [0.29, 0.717) is 12.3 Å². The van der Waals surface area contributed by atoms with Crippen molar-refractivity contribution in [2.45, 2.75) is 20.3 Å². The summed E-state index contributed by atoms with van der Waals surface area (Å²) in [6.45, 7) is 3.57. The zero-order valence-corrected chi connectivity index (χ0v) is 9.82. The van der Waals surface area contributed by atoms with Crippen molar-refractivity contribution in [1.29, 1.82) is 0 Å². The van der Waals surface area contributed by atoms with E-state index in [-0.39, 0.29) is 17.1 Å². The first kappa shape index (κ1) is 13.0. The molecule has 0 aliphatic heterocycles. The van der Waals surface area contributed by atoms with Gasteiger partial charge < -0.3 is 9.84 Å². The number of phenols is 1. The molecule has 2 N–H and O–H groups in total. The van der Waals surface area contributed by atoms with Crippen molar-refractivity contribution in [3.05, 3.63) is 23.8 Å². The molecule has 0 aliphatic rings. The van der Waals surface area contributed by atoms with Crippen LogP contribution in [0, 0.1) is 0 Å². The molecule has 5 heteroatoms. The molecular formula is C12H15NO4. The minimum absolute atomic E-state index is 0.107. The molecule has 0 saturated heterocycles. The number of Topliss-reactive ketones (excluding diaryl/α,β-unsaturated/α-hetero) is 1. The highest BCUT2D eigenvalue weighted by molar-refractivity contribution is 5.98. The van der Waals surface area contributed by atoms with E-state index in [9.17, 15) is 14.7 Å². The van der Waals surface area contributed by atoms with Crippen LogP contribution in [0.15, 0.2) is 18.2 Å². The van der Waals surface area contributed by atoms with Gasteiger partial charge >= 0.3 is 6.09 Å². The second kappa shape index (κ2) is 5.89. The summed E-state index contributed by atoms with van der Waals surface area (Å²) in [6.07, 6.45) is 0.161. The molecular weight excluding hydrogens is 222 g/mol. The monoisotopic (exact) mass is 237 g/mol. The first-order chi connectivity index (χ1) is 8.04. The van der Waals surface area contributed by atoms with Crippen LogP contribution in [-0.2, 0) is 4.74 Å². The van der Waals surface area contributed by atoms with E-state index < -0.39 is 6.09 Å². The normalized spacial score (nSPS) is 9.76. The summed E-state index contributed by atoms with van der Waals surface area (Å²) in [5.74, 6) is -0.377. The number of anilines is 1. The van der Waals surface area contributed by atoms with Crippen LogP contribution < -0.4 is 5.32 Å². The number of ketones is 1. The number of hydrogen-bond donors (Lipinski definition) is 2. The largest absolute Gasteiger partial charge is 0.507 e. The SMILES string of the molecule is CCCOC(=O)Nc1ccc(O)c(C(C)=O)c1. The van der Waals surface area contributed by atoms with Crippen LogP contribution in [0.1, 0.15) is 30.6 Å². The van der Waals surface area contributed by atoms with Crippen LogP contribution in [-0.4, -0.2) is 23.6 Å². The molecule has 1 amide bonds. The fourth-order valence-electron chi connectivity index (χ4n) is 1.24. The lowest BCUT2D eigenvalue weighted by Crippen LogP contribution is -2.14. The molecule has 17 heavy (non-hydrogen) atoms. The van der Waals surface area contributed by atoms with Crippen LogP contribution in [0.3, 0.4) is 0 Å². The van der Waals surface area contributed by atoms with Gasteiger partial charge in [-0.15, -0.1) is 0 Å².